The van der Waals surface area contributed by atoms with Gasteiger partial charge in [0.05, 0.1) is 0 Å². The number of hydrogen-bond donors (Lipinski definition) is 2. The van der Waals surface area contributed by atoms with Crippen LogP contribution >= 0.6 is 0 Å². The van der Waals surface area contributed by atoms with Gasteiger partial charge in [0, 0.05) is 19.0 Å². The van der Waals surface area contributed by atoms with Crippen molar-refractivity contribution in [2.75, 3.05) is 19.7 Å². The van der Waals surface area contributed by atoms with Crippen molar-refractivity contribution < 1.29 is 24.2 Å². The number of carboxylic acid groups (broad SMARTS) is 1. The van der Waals surface area contributed by atoms with Crippen molar-refractivity contribution >= 4 is 17.8 Å². The summed E-state index contributed by atoms with van der Waals surface area (Å²) in [6.45, 7) is 4.61. The third-order valence-corrected chi connectivity index (χ3v) is 5.10. The zero-order valence-electron chi connectivity index (χ0n) is 15.9. The van der Waals surface area contributed by atoms with Gasteiger partial charge < -0.3 is 20.1 Å². The second kappa shape index (κ2) is 9.94. The summed E-state index contributed by atoms with van der Waals surface area (Å²) in [7, 11) is 0. The van der Waals surface area contributed by atoms with E-state index >= 15 is 0 Å². The molecule has 0 aliphatic carbocycles. The molecule has 0 spiro atoms. The third kappa shape index (κ3) is 5.98. The van der Waals surface area contributed by atoms with E-state index in [1.165, 1.54) is 0 Å². The standard InChI is InChI=1S/C20H28N2O5/c1-3-14(2)18(20(25)26)21-19(24)15-9-11-22(12-10-15)17(23)13-27-16-7-5-4-6-8-16/h4-8,14-15,18H,3,9-13H2,1-2H3,(H,21,24)(H,25,26). The summed E-state index contributed by atoms with van der Waals surface area (Å²) in [5.41, 5.74) is 0. The molecule has 2 rings (SSSR count). The minimum atomic E-state index is -1.01. The van der Waals surface area contributed by atoms with Crippen molar-refractivity contribution in [2.24, 2.45) is 11.8 Å². The van der Waals surface area contributed by atoms with E-state index in [9.17, 15) is 19.5 Å². The van der Waals surface area contributed by atoms with E-state index in [1.54, 1.807) is 17.0 Å². The normalized spacial score (nSPS) is 17.0. The van der Waals surface area contributed by atoms with Crippen LogP contribution in [0.3, 0.4) is 0 Å². The third-order valence-electron chi connectivity index (χ3n) is 5.10. The first-order valence-electron chi connectivity index (χ1n) is 9.41. The number of ether oxygens (including phenoxy) is 1. The lowest BCUT2D eigenvalue weighted by molar-refractivity contribution is -0.144. The number of hydrogen-bond acceptors (Lipinski definition) is 4. The van der Waals surface area contributed by atoms with E-state index in [1.807, 2.05) is 32.0 Å². The number of carbonyl (C=O) groups is 3. The van der Waals surface area contributed by atoms with Crippen LogP contribution in [0.4, 0.5) is 0 Å². The molecule has 0 aromatic heterocycles. The van der Waals surface area contributed by atoms with Gasteiger partial charge in [-0.3, -0.25) is 9.59 Å². The number of nitrogens with zero attached hydrogens (tertiary/aromatic N) is 1. The van der Waals surface area contributed by atoms with Gasteiger partial charge in [-0.15, -0.1) is 0 Å². The summed E-state index contributed by atoms with van der Waals surface area (Å²) < 4.78 is 5.48. The molecular weight excluding hydrogens is 348 g/mol. The molecule has 2 atom stereocenters. The Hall–Kier alpha value is -2.57. The highest BCUT2D eigenvalue weighted by atomic mass is 16.5. The molecular formula is C20H28N2O5. The van der Waals surface area contributed by atoms with Crippen molar-refractivity contribution in [1.29, 1.82) is 0 Å². The lowest BCUT2D eigenvalue weighted by Gasteiger charge is -2.32. The second-order valence-electron chi connectivity index (χ2n) is 6.97. The first-order chi connectivity index (χ1) is 12.9. The second-order valence-corrected chi connectivity index (χ2v) is 6.97. The molecule has 0 bridgehead atoms. The molecule has 1 aliphatic heterocycles. The summed E-state index contributed by atoms with van der Waals surface area (Å²) >= 11 is 0. The van der Waals surface area contributed by atoms with Gasteiger partial charge in [-0.25, -0.2) is 4.79 Å². The monoisotopic (exact) mass is 376 g/mol. The molecule has 1 aromatic carbocycles. The van der Waals surface area contributed by atoms with Gasteiger partial charge in [0.1, 0.15) is 11.8 Å². The summed E-state index contributed by atoms with van der Waals surface area (Å²) in [6, 6.07) is 8.27. The zero-order valence-corrected chi connectivity index (χ0v) is 15.9. The fourth-order valence-electron chi connectivity index (χ4n) is 3.10. The number of aliphatic carboxylic acids is 1. The van der Waals surface area contributed by atoms with Crippen LogP contribution < -0.4 is 10.1 Å². The van der Waals surface area contributed by atoms with E-state index in [-0.39, 0.29) is 30.3 Å². The van der Waals surface area contributed by atoms with Gasteiger partial charge in [0.15, 0.2) is 6.61 Å². The molecule has 2 unspecified atom stereocenters. The van der Waals surface area contributed by atoms with Crippen LogP contribution in [0.5, 0.6) is 5.75 Å². The maximum absolute atomic E-state index is 12.4. The van der Waals surface area contributed by atoms with Gasteiger partial charge in [-0.2, -0.15) is 0 Å². The zero-order chi connectivity index (χ0) is 19.8. The Morgan fingerprint density at radius 1 is 1.22 bits per heavy atom. The predicted octanol–water partition coefficient (Wildman–Crippen LogP) is 1.92. The molecule has 1 aromatic rings. The molecule has 7 nitrogen and oxygen atoms in total. The van der Waals surface area contributed by atoms with E-state index in [0.717, 1.165) is 0 Å². The van der Waals surface area contributed by atoms with Crippen molar-refractivity contribution in [3.63, 3.8) is 0 Å². The number of nitrogens with one attached hydrogen (secondary N) is 1. The number of benzene rings is 1. The minimum Gasteiger partial charge on any atom is -0.484 e. The smallest absolute Gasteiger partial charge is 0.326 e. The Morgan fingerprint density at radius 2 is 1.85 bits per heavy atom. The molecule has 7 heteroatoms. The minimum absolute atomic E-state index is 0.0318. The Bertz CT molecular complexity index is 641. The number of likely N-dealkylation sites (tertiary alicyclic amines) is 1. The van der Waals surface area contributed by atoms with Gasteiger partial charge in [0.25, 0.3) is 5.91 Å². The van der Waals surface area contributed by atoms with E-state index < -0.39 is 12.0 Å². The van der Waals surface area contributed by atoms with E-state index in [0.29, 0.717) is 38.1 Å². The number of carbonyl (C=O) groups excluding carboxylic acids is 2. The molecule has 1 heterocycles. The summed E-state index contributed by atoms with van der Waals surface area (Å²) in [6.07, 6.45) is 1.72. The fourth-order valence-corrected chi connectivity index (χ4v) is 3.10. The largest absolute Gasteiger partial charge is 0.484 e. The van der Waals surface area contributed by atoms with E-state index in [2.05, 4.69) is 5.32 Å². The van der Waals surface area contributed by atoms with Crippen molar-refractivity contribution in [3.05, 3.63) is 30.3 Å². The SMILES string of the molecule is CCC(C)C(NC(=O)C1CCN(C(=O)COc2ccccc2)CC1)C(=O)O. The van der Waals surface area contributed by atoms with Crippen LogP contribution in [0.15, 0.2) is 30.3 Å². The van der Waals surface area contributed by atoms with Crippen LogP contribution in [-0.4, -0.2) is 53.5 Å². The number of piperidine rings is 1. The van der Waals surface area contributed by atoms with Gasteiger partial charge in [-0.1, -0.05) is 38.5 Å². The molecule has 0 saturated carbocycles. The maximum Gasteiger partial charge on any atom is 0.326 e. The summed E-state index contributed by atoms with van der Waals surface area (Å²) in [5, 5.41) is 12.0. The molecule has 0 radical (unpaired) electrons. The molecule has 148 valence electrons. The number of para-hydroxylation sites is 1. The Morgan fingerprint density at radius 3 is 2.41 bits per heavy atom. The van der Waals surface area contributed by atoms with Crippen LogP contribution in [-0.2, 0) is 14.4 Å². The molecule has 1 fully saturated rings. The predicted molar refractivity (Wildman–Crippen MR) is 100 cm³/mol. The van der Waals surface area contributed by atoms with Gasteiger partial charge >= 0.3 is 5.97 Å². The quantitative estimate of drug-likeness (QED) is 0.723. The number of rotatable bonds is 8. The highest BCUT2D eigenvalue weighted by Crippen LogP contribution is 2.19. The van der Waals surface area contributed by atoms with Crippen LogP contribution in [0, 0.1) is 11.8 Å². The summed E-state index contributed by atoms with van der Waals surface area (Å²) in [4.78, 5) is 37.7. The lowest BCUT2D eigenvalue weighted by Crippen LogP contribution is -2.50. The molecule has 2 N–H and O–H groups in total. The molecule has 1 aliphatic rings. The number of amides is 2. The number of carboxylic acids is 1. The Labute approximate surface area is 159 Å². The van der Waals surface area contributed by atoms with Gasteiger partial charge in [-0.05, 0) is 30.9 Å². The van der Waals surface area contributed by atoms with Crippen LogP contribution in [0.1, 0.15) is 33.1 Å². The van der Waals surface area contributed by atoms with Crippen LogP contribution in [0.25, 0.3) is 0 Å². The van der Waals surface area contributed by atoms with Crippen molar-refractivity contribution in [2.45, 2.75) is 39.2 Å². The maximum atomic E-state index is 12.4. The molecule has 2 amide bonds. The van der Waals surface area contributed by atoms with Crippen molar-refractivity contribution in [3.8, 4) is 5.75 Å². The first-order valence-corrected chi connectivity index (χ1v) is 9.41. The Balaban J connectivity index is 1.79. The molecule has 1 saturated heterocycles. The average Bonchev–Trinajstić information content (AvgIpc) is 2.70. The topological polar surface area (TPSA) is 95.9 Å². The highest BCUT2D eigenvalue weighted by Gasteiger charge is 2.31. The first kappa shape index (κ1) is 20.7. The highest BCUT2D eigenvalue weighted by molar-refractivity contribution is 5.85. The van der Waals surface area contributed by atoms with Crippen molar-refractivity contribution in [1.82, 2.24) is 10.2 Å². The molecule has 27 heavy (non-hydrogen) atoms. The Kier molecular flexibility index (Phi) is 7.64. The van der Waals surface area contributed by atoms with E-state index in [4.69, 9.17) is 4.74 Å². The van der Waals surface area contributed by atoms with Crippen LogP contribution in [0.2, 0.25) is 0 Å². The van der Waals surface area contributed by atoms with Gasteiger partial charge in [0.2, 0.25) is 5.91 Å². The fraction of sp³-hybridized carbons (Fsp3) is 0.550. The average molecular weight is 376 g/mol. The lowest BCUT2D eigenvalue weighted by atomic mass is 9.93. The summed E-state index contributed by atoms with van der Waals surface area (Å²) in [5.74, 6) is -1.12.